The van der Waals surface area contributed by atoms with Crippen molar-refractivity contribution < 1.29 is 40.0 Å². The number of amides is 1. The summed E-state index contributed by atoms with van der Waals surface area (Å²) in [5, 5.41) is 3.00. The monoisotopic (exact) mass is 450 g/mol. The Kier molecular flexibility index (Phi) is 5.56. The van der Waals surface area contributed by atoms with Gasteiger partial charge in [0.1, 0.15) is 11.4 Å². The van der Waals surface area contributed by atoms with Gasteiger partial charge in [0.2, 0.25) is 5.88 Å². The summed E-state index contributed by atoms with van der Waals surface area (Å²) in [7, 11) is -5.82. The molecule has 30 heavy (non-hydrogen) atoms. The Morgan fingerprint density at radius 3 is 2.57 bits per heavy atom. The van der Waals surface area contributed by atoms with E-state index in [9.17, 15) is 26.4 Å². The maximum atomic E-state index is 12.7. The number of ether oxygens (including phenoxy) is 2. The summed E-state index contributed by atoms with van der Waals surface area (Å²) in [6.07, 6.45) is -0.195. The third kappa shape index (κ3) is 4.74. The molecule has 12 heteroatoms. The number of hydrogen-bond donors (Lipinski definition) is 1. The highest BCUT2D eigenvalue weighted by Gasteiger charge is 2.49. The lowest BCUT2D eigenvalue weighted by molar-refractivity contribution is -0.0502. The van der Waals surface area contributed by atoms with Crippen LogP contribution in [0, 0.1) is 0 Å². The molecule has 1 aromatic heterocycles. The molecule has 0 saturated heterocycles. The van der Waals surface area contributed by atoms with Gasteiger partial charge in [-0.3, -0.25) is 0 Å². The van der Waals surface area contributed by atoms with E-state index in [2.05, 4.69) is 9.50 Å². The summed E-state index contributed by atoms with van der Waals surface area (Å²) in [6, 6.07) is 4.44. The number of halogens is 3. The first-order valence-corrected chi connectivity index (χ1v) is 10.4. The molecule has 0 saturated carbocycles. The van der Waals surface area contributed by atoms with Crippen LogP contribution in [0.5, 0.6) is 11.6 Å². The first kappa shape index (κ1) is 22.1. The molecule has 0 spiro atoms. The molecule has 0 aliphatic carbocycles. The van der Waals surface area contributed by atoms with Gasteiger partial charge >= 0.3 is 21.7 Å². The van der Waals surface area contributed by atoms with Gasteiger partial charge in [0.05, 0.1) is 12.1 Å². The molecule has 0 fully saturated rings. The third-order valence-electron chi connectivity index (χ3n) is 4.08. The number of carbonyl (C=O) groups is 1. The van der Waals surface area contributed by atoms with E-state index in [0.29, 0.717) is 28.6 Å². The molecule has 3 rings (SSSR count). The van der Waals surface area contributed by atoms with Gasteiger partial charge in [0.15, 0.2) is 0 Å². The number of aryl methyl sites for hydroxylation is 1. The van der Waals surface area contributed by atoms with Gasteiger partial charge < -0.3 is 23.5 Å². The zero-order valence-corrected chi connectivity index (χ0v) is 17.3. The van der Waals surface area contributed by atoms with Crippen molar-refractivity contribution in [2.45, 2.75) is 51.4 Å². The van der Waals surface area contributed by atoms with Gasteiger partial charge in [-0.1, -0.05) is 0 Å². The van der Waals surface area contributed by atoms with Gasteiger partial charge in [-0.25, -0.2) is 4.79 Å². The number of alkyl halides is 3. The number of aromatic nitrogens is 1. The standard InChI is InChI=1S/C18H21F3N2O6S/c1-17(2,3)28-16(24)22-10-11-7-12-9-14(29-30(25,26)18(19,20)21)23-5-4-6-27-13(8-11)15(12)23/h7-9H,4-6,10H2,1-3H3,(H,22,24). The average Bonchev–Trinajstić information content (AvgIpc) is 2.76. The zero-order valence-electron chi connectivity index (χ0n) is 16.5. The number of carbonyl (C=O) groups excluding carboxylic acids is 1. The fraction of sp³-hybridized carbons (Fsp3) is 0.500. The Hall–Kier alpha value is -2.63. The van der Waals surface area contributed by atoms with Crippen LogP contribution in [0.1, 0.15) is 32.8 Å². The smallest absolute Gasteiger partial charge is 0.491 e. The molecule has 0 radical (unpaired) electrons. The Morgan fingerprint density at radius 2 is 1.93 bits per heavy atom. The molecule has 8 nitrogen and oxygen atoms in total. The lowest BCUT2D eigenvalue weighted by atomic mass is 10.1. The summed E-state index contributed by atoms with van der Waals surface area (Å²) in [5.74, 6) is -0.100. The molecule has 1 aliphatic rings. The van der Waals surface area contributed by atoms with Crippen LogP contribution in [0.3, 0.4) is 0 Å². The third-order valence-corrected chi connectivity index (χ3v) is 5.03. The molecule has 166 valence electrons. The molecule has 1 amide bonds. The topological polar surface area (TPSA) is 95.9 Å². The van der Waals surface area contributed by atoms with Crippen LogP contribution < -0.4 is 14.2 Å². The van der Waals surface area contributed by atoms with Crippen molar-refractivity contribution in [3.05, 3.63) is 23.8 Å². The van der Waals surface area contributed by atoms with Crippen LogP contribution in [0.4, 0.5) is 18.0 Å². The number of rotatable bonds is 4. The maximum absolute atomic E-state index is 12.7. The minimum atomic E-state index is -5.82. The molecule has 0 atom stereocenters. The molecule has 2 heterocycles. The Labute approximate surface area is 171 Å². The van der Waals surface area contributed by atoms with Crippen molar-refractivity contribution in [1.82, 2.24) is 9.88 Å². The summed E-state index contributed by atoms with van der Waals surface area (Å²) >= 11 is 0. The van der Waals surface area contributed by atoms with E-state index in [1.54, 1.807) is 32.9 Å². The molecule has 2 aromatic rings. The molecular formula is C18H21F3N2O6S. The molecule has 1 aromatic carbocycles. The summed E-state index contributed by atoms with van der Waals surface area (Å²) in [5.41, 5.74) is -5.21. The van der Waals surface area contributed by atoms with E-state index in [1.807, 2.05) is 0 Å². The lowest BCUT2D eigenvalue weighted by Crippen LogP contribution is -2.32. The molecule has 1 N–H and O–H groups in total. The number of nitrogens with one attached hydrogen (secondary N) is 1. The second kappa shape index (κ2) is 7.56. The van der Waals surface area contributed by atoms with Crippen LogP contribution in [0.15, 0.2) is 18.2 Å². The van der Waals surface area contributed by atoms with E-state index in [-0.39, 0.29) is 19.7 Å². The van der Waals surface area contributed by atoms with E-state index in [4.69, 9.17) is 9.47 Å². The van der Waals surface area contributed by atoms with Crippen molar-refractivity contribution in [3.8, 4) is 11.6 Å². The van der Waals surface area contributed by atoms with Crippen molar-refractivity contribution in [1.29, 1.82) is 0 Å². The second-order valence-electron chi connectivity index (χ2n) is 7.71. The fourth-order valence-electron chi connectivity index (χ4n) is 2.96. The molecule has 0 unspecified atom stereocenters. The second-order valence-corrected chi connectivity index (χ2v) is 9.24. The highest BCUT2D eigenvalue weighted by molar-refractivity contribution is 7.87. The minimum absolute atomic E-state index is 0.0729. The maximum Gasteiger partial charge on any atom is 0.534 e. The van der Waals surface area contributed by atoms with Gasteiger partial charge in [-0.05, 0) is 44.9 Å². The lowest BCUT2D eigenvalue weighted by Gasteiger charge is -2.19. The number of alkyl carbamates (subject to hydrolysis) is 1. The highest BCUT2D eigenvalue weighted by Crippen LogP contribution is 2.38. The molecule has 0 bridgehead atoms. The Bertz CT molecular complexity index is 1070. The van der Waals surface area contributed by atoms with Gasteiger partial charge in [-0.2, -0.15) is 21.6 Å². The highest BCUT2D eigenvalue weighted by atomic mass is 32.2. The summed E-state index contributed by atoms with van der Waals surface area (Å²) in [6.45, 7) is 5.74. The van der Waals surface area contributed by atoms with E-state index >= 15 is 0 Å². The predicted octanol–water partition coefficient (Wildman–Crippen LogP) is 3.68. The van der Waals surface area contributed by atoms with Crippen LogP contribution in [0.2, 0.25) is 0 Å². The molecule has 1 aliphatic heterocycles. The average molecular weight is 450 g/mol. The van der Waals surface area contributed by atoms with E-state index < -0.39 is 33.2 Å². The zero-order chi connectivity index (χ0) is 22.3. The van der Waals surface area contributed by atoms with Crippen molar-refractivity contribution in [2.75, 3.05) is 6.61 Å². The summed E-state index contributed by atoms with van der Waals surface area (Å²) in [4.78, 5) is 11.9. The fourth-order valence-corrected chi connectivity index (χ4v) is 3.42. The number of benzene rings is 1. The summed E-state index contributed by atoms with van der Waals surface area (Å²) < 4.78 is 77.7. The Morgan fingerprint density at radius 1 is 1.23 bits per heavy atom. The number of hydrogen-bond acceptors (Lipinski definition) is 6. The van der Waals surface area contributed by atoms with Gasteiger partial charge in [0, 0.05) is 24.5 Å². The van der Waals surface area contributed by atoms with Crippen LogP contribution >= 0.6 is 0 Å². The van der Waals surface area contributed by atoms with Crippen LogP contribution in [0.25, 0.3) is 10.9 Å². The first-order chi connectivity index (χ1) is 13.8. The van der Waals surface area contributed by atoms with Crippen molar-refractivity contribution in [2.24, 2.45) is 0 Å². The van der Waals surface area contributed by atoms with Crippen molar-refractivity contribution >= 4 is 27.1 Å². The van der Waals surface area contributed by atoms with Gasteiger partial charge in [-0.15, -0.1) is 0 Å². The van der Waals surface area contributed by atoms with Crippen LogP contribution in [-0.4, -0.2) is 36.8 Å². The Balaban J connectivity index is 1.93. The van der Waals surface area contributed by atoms with E-state index in [1.165, 1.54) is 10.6 Å². The quantitative estimate of drug-likeness (QED) is 0.564. The number of nitrogens with zero attached hydrogens (tertiary/aromatic N) is 1. The van der Waals surface area contributed by atoms with E-state index in [0.717, 1.165) is 0 Å². The predicted molar refractivity (Wildman–Crippen MR) is 101 cm³/mol. The van der Waals surface area contributed by atoms with Gasteiger partial charge in [0.25, 0.3) is 0 Å². The first-order valence-electron chi connectivity index (χ1n) is 9.03. The van der Waals surface area contributed by atoms with Crippen molar-refractivity contribution in [3.63, 3.8) is 0 Å². The molecular weight excluding hydrogens is 429 g/mol. The minimum Gasteiger partial charge on any atom is -0.491 e. The largest absolute Gasteiger partial charge is 0.534 e. The normalized spacial score (nSPS) is 14.7. The SMILES string of the molecule is CC(C)(C)OC(=O)NCc1cc2c3c(c1)cc(OS(=O)(=O)C(F)(F)F)n3CCCO2. The van der Waals surface area contributed by atoms with Crippen LogP contribution in [-0.2, 0) is 27.9 Å².